The summed E-state index contributed by atoms with van der Waals surface area (Å²) >= 11 is 0. The first kappa shape index (κ1) is 12.0. The lowest BCUT2D eigenvalue weighted by Crippen LogP contribution is -2.00. The van der Waals surface area contributed by atoms with Crippen molar-refractivity contribution in [1.29, 1.82) is 0 Å². The van der Waals surface area contributed by atoms with Crippen molar-refractivity contribution in [1.82, 2.24) is 4.98 Å². The number of H-pyrrole nitrogens is 1. The molecule has 1 aromatic heterocycles. The van der Waals surface area contributed by atoms with Crippen molar-refractivity contribution in [2.24, 2.45) is 4.99 Å². The molecule has 0 bridgehead atoms. The van der Waals surface area contributed by atoms with E-state index >= 15 is 0 Å². The highest BCUT2D eigenvalue weighted by atomic mass is 16.1. The van der Waals surface area contributed by atoms with Crippen molar-refractivity contribution in [2.45, 2.75) is 6.92 Å². The molecule has 90 valence electrons. The number of allylic oxidation sites excluding steroid dienone is 2. The Morgan fingerprint density at radius 1 is 1.39 bits per heavy atom. The molecule has 18 heavy (non-hydrogen) atoms. The maximum atomic E-state index is 12.3. The molecular formula is C15H14N2O. The van der Waals surface area contributed by atoms with Crippen LogP contribution >= 0.6 is 0 Å². The number of para-hydroxylation sites is 1. The first-order valence-corrected chi connectivity index (χ1v) is 5.69. The second kappa shape index (κ2) is 5.27. The van der Waals surface area contributed by atoms with Crippen molar-refractivity contribution < 1.29 is 4.79 Å². The minimum absolute atomic E-state index is 0.0759. The summed E-state index contributed by atoms with van der Waals surface area (Å²) < 4.78 is 0. The summed E-state index contributed by atoms with van der Waals surface area (Å²) in [6.07, 6.45) is 6.40. The van der Waals surface area contributed by atoms with Gasteiger partial charge in [-0.15, -0.1) is 0 Å². The molecule has 1 aromatic carbocycles. The smallest absolute Gasteiger partial charge is 0.196 e. The number of nitrogens with one attached hydrogen (secondary N) is 1. The topological polar surface area (TPSA) is 45.2 Å². The minimum Gasteiger partial charge on any atom is -0.360 e. The number of ketones is 1. The normalized spacial score (nSPS) is 12.2. The summed E-state index contributed by atoms with van der Waals surface area (Å²) in [4.78, 5) is 19.4. The highest BCUT2D eigenvalue weighted by Gasteiger charge is 2.13. The highest BCUT2D eigenvalue weighted by Crippen LogP contribution is 2.20. The van der Waals surface area contributed by atoms with Gasteiger partial charge in [-0.05, 0) is 13.0 Å². The van der Waals surface area contributed by atoms with Gasteiger partial charge in [-0.2, -0.15) is 0 Å². The zero-order valence-electron chi connectivity index (χ0n) is 10.2. The average molecular weight is 238 g/mol. The van der Waals surface area contributed by atoms with E-state index in [1.165, 1.54) is 12.3 Å². The Balaban J connectivity index is 2.48. The van der Waals surface area contributed by atoms with Crippen molar-refractivity contribution in [2.75, 3.05) is 0 Å². The molecule has 0 spiro atoms. The van der Waals surface area contributed by atoms with Crippen LogP contribution in [0.1, 0.15) is 17.3 Å². The third-order valence-corrected chi connectivity index (χ3v) is 2.68. The van der Waals surface area contributed by atoms with Gasteiger partial charge < -0.3 is 4.98 Å². The molecule has 0 unspecified atom stereocenters. The molecule has 1 heterocycles. The molecule has 2 aromatic rings. The third kappa shape index (κ3) is 2.15. The number of nitrogens with zero attached hydrogens (tertiary/aromatic N) is 1. The van der Waals surface area contributed by atoms with Gasteiger partial charge in [0.2, 0.25) is 0 Å². The Labute approximate surface area is 106 Å². The maximum Gasteiger partial charge on any atom is 0.196 e. The van der Waals surface area contributed by atoms with Gasteiger partial charge in [0.15, 0.2) is 5.78 Å². The van der Waals surface area contributed by atoms with Crippen LogP contribution < -0.4 is 0 Å². The standard InChI is InChI=1S/C15H14N2O/c1-3-11(9-16-4-2)15(18)13-10-17-14-8-6-5-7-12(13)14/h3-10,17H,1H2,2H3/b11-9+,16-4?. The molecule has 0 aliphatic carbocycles. The fourth-order valence-electron chi connectivity index (χ4n) is 1.77. The number of rotatable bonds is 4. The van der Waals surface area contributed by atoms with Gasteiger partial charge in [-0.3, -0.25) is 9.79 Å². The molecule has 0 saturated heterocycles. The van der Waals surface area contributed by atoms with Crippen LogP contribution in [0, 0.1) is 0 Å². The molecule has 2 rings (SSSR count). The van der Waals surface area contributed by atoms with Crippen molar-refractivity contribution in [3.63, 3.8) is 0 Å². The lowest BCUT2D eigenvalue weighted by molar-refractivity contribution is 0.103. The van der Waals surface area contributed by atoms with Gasteiger partial charge in [0.25, 0.3) is 0 Å². The van der Waals surface area contributed by atoms with Crippen molar-refractivity contribution >= 4 is 22.9 Å². The van der Waals surface area contributed by atoms with E-state index < -0.39 is 0 Å². The number of carbonyl (C=O) groups is 1. The van der Waals surface area contributed by atoms with Gasteiger partial charge in [-0.1, -0.05) is 30.9 Å². The molecule has 3 heteroatoms. The third-order valence-electron chi connectivity index (χ3n) is 2.68. The van der Waals surface area contributed by atoms with Crippen molar-refractivity contribution in [3.05, 3.63) is 60.5 Å². The van der Waals surface area contributed by atoms with E-state index in [0.717, 1.165) is 10.9 Å². The fraction of sp³-hybridized carbons (Fsp3) is 0.0667. The Morgan fingerprint density at radius 3 is 2.89 bits per heavy atom. The van der Waals surface area contributed by atoms with Crippen LogP contribution in [0.4, 0.5) is 0 Å². The number of fused-ring (bicyclic) bond motifs is 1. The second-order valence-electron chi connectivity index (χ2n) is 3.77. The van der Waals surface area contributed by atoms with Crippen LogP contribution in [0.2, 0.25) is 0 Å². The summed E-state index contributed by atoms with van der Waals surface area (Å²) in [5, 5.41) is 0.913. The van der Waals surface area contributed by atoms with Gasteiger partial charge in [0.05, 0.1) is 0 Å². The van der Waals surface area contributed by atoms with Crippen LogP contribution in [0.3, 0.4) is 0 Å². The first-order chi connectivity index (χ1) is 8.77. The van der Waals surface area contributed by atoms with E-state index in [0.29, 0.717) is 11.1 Å². The second-order valence-corrected chi connectivity index (χ2v) is 3.77. The number of aliphatic imine (C=N–C) groups is 1. The molecule has 0 aliphatic heterocycles. The number of hydrogen-bond acceptors (Lipinski definition) is 2. The number of aromatic amines is 1. The summed E-state index contributed by atoms with van der Waals surface area (Å²) in [7, 11) is 0. The molecule has 0 fully saturated rings. The van der Waals surface area contributed by atoms with E-state index in [2.05, 4.69) is 16.6 Å². The number of carbonyl (C=O) groups excluding carboxylic acids is 1. The van der Waals surface area contributed by atoms with E-state index in [-0.39, 0.29) is 5.78 Å². The number of Topliss-reactive ketones (excluding diaryl/α,β-unsaturated/α-hetero) is 1. The Morgan fingerprint density at radius 2 is 2.17 bits per heavy atom. The molecular weight excluding hydrogens is 224 g/mol. The van der Waals surface area contributed by atoms with E-state index in [4.69, 9.17) is 0 Å². The molecule has 0 amide bonds. The Hall–Kier alpha value is -2.42. The van der Waals surface area contributed by atoms with Gasteiger partial charge >= 0.3 is 0 Å². The van der Waals surface area contributed by atoms with Gasteiger partial charge in [-0.25, -0.2) is 0 Å². The average Bonchev–Trinajstić information content (AvgIpc) is 2.83. The molecule has 0 aliphatic rings. The number of benzene rings is 1. The molecule has 1 N–H and O–H groups in total. The van der Waals surface area contributed by atoms with Crippen LogP contribution in [0.5, 0.6) is 0 Å². The molecule has 0 radical (unpaired) electrons. The zero-order valence-corrected chi connectivity index (χ0v) is 10.2. The Kier molecular flexibility index (Phi) is 3.53. The first-order valence-electron chi connectivity index (χ1n) is 5.69. The quantitative estimate of drug-likeness (QED) is 0.376. The Bertz CT molecular complexity index is 647. The van der Waals surface area contributed by atoms with Crippen LogP contribution in [-0.4, -0.2) is 17.0 Å². The molecule has 3 nitrogen and oxygen atoms in total. The monoisotopic (exact) mass is 238 g/mol. The highest BCUT2D eigenvalue weighted by molar-refractivity contribution is 6.17. The summed E-state index contributed by atoms with van der Waals surface area (Å²) in [5.41, 5.74) is 2.07. The zero-order chi connectivity index (χ0) is 13.0. The molecule has 0 saturated carbocycles. The lowest BCUT2D eigenvalue weighted by Gasteiger charge is -1.98. The number of aromatic nitrogens is 1. The summed E-state index contributed by atoms with van der Waals surface area (Å²) in [5.74, 6) is -0.0759. The van der Waals surface area contributed by atoms with E-state index in [1.54, 1.807) is 19.3 Å². The van der Waals surface area contributed by atoms with Crippen LogP contribution in [-0.2, 0) is 0 Å². The predicted molar refractivity (Wildman–Crippen MR) is 75.1 cm³/mol. The van der Waals surface area contributed by atoms with Gasteiger partial charge in [0, 0.05) is 40.7 Å². The fourth-order valence-corrected chi connectivity index (χ4v) is 1.77. The van der Waals surface area contributed by atoms with E-state index in [9.17, 15) is 4.79 Å². The molecule has 0 atom stereocenters. The van der Waals surface area contributed by atoms with Crippen molar-refractivity contribution in [3.8, 4) is 0 Å². The summed E-state index contributed by atoms with van der Waals surface area (Å²) in [6, 6.07) is 7.70. The largest absolute Gasteiger partial charge is 0.360 e. The van der Waals surface area contributed by atoms with Crippen LogP contribution in [0.15, 0.2) is 59.9 Å². The maximum absolute atomic E-state index is 12.3. The van der Waals surface area contributed by atoms with E-state index in [1.807, 2.05) is 24.3 Å². The SMILES string of the molecule is C=C/C(=C\N=CC)C(=O)c1c[nH]c2ccccc12. The van der Waals surface area contributed by atoms with Gasteiger partial charge in [0.1, 0.15) is 0 Å². The number of hydrogen-bond donors (Lipinski definition) is 1. The van der Waals surface area contributed by atoms with Crippen LogP contribution in [0.25, 0.3) is 10.9 Å². The predicted octanol–water partition coefficient (Wildman–Crippen LogP) is 3.51. The minimum atomic E-state index is -0.0759. The summed E-state index contributed by atoms with van der Waals surface area (Å²) in [6.45, 7) is 5.45. The lowest BCUT2D eigenvalue weighted by atomic mass is 10.0.